The number of carboxylic acids is 1. The van der Waals surface area contributed by atoms with Crippen molar-refractivity contribution in [2.45, 2.75) is 26.2 Å². The highest BCUT2D eigenvalue weighted by Crippen LogP contribution is 2.32. The molecule has 0 aromatic carbocycles. The van der Waals surface area contributed by atoms with E-state index in [0.29, 0.717) is 22.9 Å². The van der Waals surface area contributed by atoms with Crippen molar-refractivity contribution >= 4 is 17.3 Å². The maximum absolute atomic E-state index is 10.9. The molecule has 0 unspecified atom stereocenters. The number of carbonyl (C=O) groups excluding carboxylic acids is 1. The number of oxazole rings is 1. The van der Waals surface area contributed by atoms with Crippen LogP contribution in [-0.2, 0) is 11.2 Å². The number of aliphatic carboxylic acids is 1. The first kappa shape index (κ1) is 15.4. The molecule has 0 saturated heterocycles. The number of rotatable bonds is 5. The van der Waals surface area contributed by atoms with E-state index in [1.807, 2.05) is 31.4 Å². The Morgan fingerprint density at radius 1 is 1.35 bits per heavy atom. The Bertz CT molecular complexity index is 808. The van der Waals surface area contributed by atoms with Crippen molar-refractivity contribution in [3.63, 3.8) is 0 Å². The van der Waals surface area contributed by atoms with Gasteiger partial charge in [-0.15, -0.1) is 11.3 Å². The van der Waals surface area contributed by atoms with Crippen molar-refractivity contribution < 1.29 is 14.3 Å². The van der Waals surface area contributed by atoms with Crippen LogP contribution in [0.5, 0.6) is 0 Å². The monoisotopic (exact) mass is 328 g/mol. The summed E-state index contributed by atoms with van der Waals surface area (Å²) in [6.45, 7) is 4.01. The van der Waals surface area contributed by atoms with Crippen LogP contribution < -0.4 is 5.11 Å². The third-order valence-electron chi connectivity index (χ3n) is 3.19. The fourth-order valence-electron chi connectivity index (χ4n) is 2.08. The molecule has 0 aliphatic carbocycles. The van der Waals surface area contributed by atoms with Crippen molar-refractivity contribution in [2.75, 3.05) is 0 Å². The van der Waals surface area contributed by atoms with E-state index in [-0.39, 0.29) is 12.3 Å². The lowest BCUT2D eigenvalue weighted by Gasteiger charge is -2.02. The number of thiophene rings is 1. The smallest absolute Gasteiger partial charge is 0.230 e. The summed E-state index contributed by atoms with van der Waals surface area (Å²) >= 11 is 1.45. The predicted octanol–water partition coefficient (Wildman–Crippen LogP) is 2.28. The molecule has 7 heteroatoms. The molecule has 0 amide bonds. The van der Waals surface area contributed by atoms with E-state index in [9.17, 15) is 9.90 Å². The highest BCUT2D eigenvalue weighted by atomic mass is 32.1. The summed E-state index contributed by atoms with van der Waals surface area (Å²) in [5, 5.41) is 12.8. The molecule has 6 nitrogen and oxygen atoms in total. The second-order valence-electron chi connectivity index (χ2n) is 5.31. The first-order valence-electron chi connectivity index (χ1n) is 7.10. The summed E-state index contributed by atoms with van der Waals surface area (Å²) in [5.74, 6) is 0.513. The molecule has 0 N–H and O–H groups in total. The van der Waals surface area contributed by atoms with Gasteiger partial charge in [-0.25, -0.2) is 15.0 Å². The zero-order valence-electron chi connectivity index (χ0n) is 12.6. The third-order valence-corrected chi connectivity index (χ3v) is 4.06. The molecule has 0 saturated carbocycles. The van der Waals surface area contributed by atoms with Gasteiger partial charge >= 0.3 is 0 Å². The second kappa shape index (κ2) is 6.29. The van der Waals surface area contributed by atoms with Gasteiger partial charge < -0.3 is 14.3 Å². The summed E-state index contributed by atoms with van der Waals surface area (Å²) in [7, 11) is 0. The normalized spacial score (nSPS) is 11.1. The van der Waals surface area contributed by atoms with E-state index in [4.69, 9.17) is 4.42 Å². The Hall–Kier alpha value is -2.54. The number of nitrogens with zero attached hydrogens (tertiary/aromatic N) is 3. The highest BCUT2D eigenvalue weighted by molar-refractivity contribution is 7.13. The summed E-state index contributed by atoms with van der Waals surface area (Å²) in [5.41, 5.74) is 0.951. The number of hydrogen-bond acceptors (Lipinski definition) is 7. The fraction of sp³-hybridized carbons (Fsp3) is 0.250. The first-order valence-corrected chi connectivity index (χ1v) is 7.98. The van der Waals surface area contributed by atoms with Crippen LogP contribution in [0.2, 0.25) is 0 Å². The molecule has 0 aliphatic rings. The van der Waals surface area contributed by atoms with Gasteiger partial charge in [0.15, 0.2) is 5.76 Å². The molecular formula is C16H14N3O3S-. The minimum atomic E-state index is -1.20. The topological polar surface area (TPSA) is 91.9 Å². The number of aromatic nitrogens is 3. The third kappa shape index (κ3) is 3.29. The molecule has 0 atom stereocenters. The fourth-order valence-corrected chi connectivity index (χ4v) is 2.81. The van der Waals surface area contributed by atoms with Gasteiger partial charge in [-0.1, -0.05) is 19.9 Å². The lowest BCUT2D eigenvalue weighted by molar-refractivity contribution is -0.304. The van der Waals surface area contributed by atoms with E-state index < -0.39 is 5.97 Å². The molecule has 3 heterocycles. The van der Waals surface area contributed by atoms with E-state index >= 15 is 0 Å². The lowest BCUT2D eigenvalue weighted by Crippen LogP contribution is -2.24. The van der Waals surface area contributed by atoms with E-state index in [0.717, 1.165) is 10.7 Å². The molecule has 0 radical (unpaired) electrons. The first-order chi connectivity index (χ1) is 11.0. The zero-order valence-corrected chi connectivity index (χ0v) is 13.5. The highest BCUT2D eigenvalue weighted by Gasteiger charge is 2.18. The standard InChI is InChI=1S/C16H15N3O3S/c1-9(2)15-17-7-10(8-18-15)16-19-11(6-13(20)21)14(22-16)12-4-3-5-23-12/h3-5,7-9H,6H2,1-2H3,(H,20,21)/p-1. The molecule has 0 fully saturated rings. The molecule has 3 rings (SSSR count). The molecule has 0 bridgehead atoms. The molecule has 0 spiro atoms. The number of carbonyl (C=O) groups is 1. The predicted molar refractivity (Wildman–Crippen MR) is 83.6 cm³/mol. The summed E-state index contributed by atoms with van der Waals surface area (Å²) in [4.78, 5) is 24.6. The van der Waals surface area contributed by atoms with Crippen LogP contribution in [0.4, 0.5) is 0 Å². The molecule has 23 heavy (non-hydrogen) atoms. The van der Waals surface area contributed by atoms with Crippen molar-refractivity contribution in [3.05, 3.63) is 41.4 Å². The quantitative estimate of drug-likeness (QED) is 0.713. The van der Waals surface area contributed by atoms with E-state index in [2.05, 4.69) is 15.0 Å². The zero-order chi connectivity index (χ0) is 16.4. The number of hydrogen-bond donors (Lipinski definition) is 0. The Morgan fingerprint density at radius 3 is 2.65 bits per heavy atom. The largest absolute Gasteiger partial charge is 0.550 e. The summed E-state index contributed by atoms with van der Waals surface area (Å²) in [6.07, 6.45) is 2.96. The Kier molecular flexibility index (Phi) is 4.20. The molecular weight excluding hydrogens is 314 g/mol. The van der Waals surface area contributed by atoms with Gasteiger partial charge in [0.25, 0.3) is 0 Å². The van der Waals surface area contributed by atoms with Gasteiger partial charge in [0.1, 0.15) is 5.82 Å². The number of carboxylic acid groups (broad SMARTS) is 1. The van der Waals surface area contributed by atoms with Gasteiger partial charge in [0.05, 0.1) is 16.1 Å². The van der Waals surface area contributed by atoms with Gasteiger partial charge in [-0.3, -0.25) is 0 Å². The Labute approximate surface area is 136 Å². The van der Waals surface area contributed by atoms with Crippen LogP contribution in [0.15, 0.2) is 34.3 Å². The van der Waals surface area contributed by atoms with Crippen LogP contribution in [-0.4, -0.2) is 20.9 Å². The lowest BCUT2D eigenvalue weighted by atomic mass is 10.2. The maximum Gasteiger partial charge on any atom is 0.230 e. The average Bonchev–Trinajstić information content (AvgIpc) is 3.16. The van der Waals surface area contributed by atoms with Crippen LogP contribution >= 0.6 is 11.3 Å². The maximum atomic E-state index is 10.9. The van der Waals surface area contributed by atoms with Crippen LogP contribution in [0.3, 0.4) is 0 Å². The minimum Gasteiger partial charge on any atom is -0.550 e. The minimum absolute atomic E-state index is 0.226. The molecule has 0 aliphatic heterocycles. The SMILES string of the molecule is CC(C)c1ncc(-c2nc(CC(=O)[O-])c(-c3cccs3)o2)cn1. The molecule has 3 aromatic heterocycles. The Balaban J connectivity index is 2.01. The van der Waals surface area contributed by atoms with Crippen molar-refractivity contribution in [1.29, 1.82) is 0 Å². The second-order valence-corrected chi connectivity index (χ2v) is 6.25. The van der Waals surface area contributed by atoms with E-state index in [1.165, 1.54) is 11.3 Å². The molecule has 118 valence electrons. The van der Waals surface area contributed by atoms with Gasteiger partial charge in [-0.05, 0) is 11.4 Å². The van der Waals surface area contributed by atoms with Crippen molar-refractivity contribution in [2.24, 2.45) is 0 Å². The van der Waals surface area contributed by atoms with Gasteiger partial charge in [-0.2, -0.15) is 0 Å². The molecule has 3 aromatic rings. The van der Waals surface area contributed by atoms with E-state index in [1.54, 1.807) is 12.4 Å². The van der Waals surface area contributed by atoms with Crippen LogP contribution in [0, 0.1) is 0 Å². The van der Waals surface area contributed by atoms with Gasteiger partial charge in [0, 0.05) is 30.7 Å². The van der Waals surface area contributed by atoms with Crippen molar-refractivity contribution in [3.8, 4) is 22.1 Å². The Morgan fingerprint density at radius 2 is 2.09 bits per heavy atom. The summed E-state index contributed by atoms with van der Waals surface area (Å²) < 4.78 is 5.77. The van der Waals surface area contributed by atoms with Crippen LogP contribution in [0.1, 0.15) is 31.3 Å². The van der Waals surface area contributed by atoms with Gasteiger partial charge in [0.2, 0.25) is 5.89 Å². The summed E-state index contributed by atoms with van der Waals surface area (Å²) in [6, 6.07) is 3.72. The van der Waals surface area contributed by atoms with Crippen LogP contribution in [0.25, 0.3) is 22.1 Å². The average molecular weight is 328 g/mol. The van der Waals surface area contributed by atoms with Crippen molar-refractivity contribution in [1.82, 2.24) is 15.0 Å².